The summed E-state index contributed by atoms with van der Waals surface area (Å²) in [5.74, 6) is 0.472. The van der Waals surface area contributed by atoms with E-state index in [0.29, 0.717) is 5.92 Å². The van der Waals surface area contributed by atoms with Crippen molar-refractivity contribution in [2.24, 2.45) is 5.73 Å². The van der Waals surface area contributed by atoms with Gasteiger partial charge >= 0.3 is 0 Å². The van der Waals surface area contributed by atoms with E-state index in [0.717, 1.165) is 11.6 Å². The normalized spacial score (nSPS) is 18.3. The summed E-state index contributed by atoms with van der Waals surface area (Å²) >= 11 is 3.62. The number of thiazole rings is 1. The van der Waals surface area contributed by atoms with E-state index in [2.05, 4.69) is 30.5 Å². The Hall–Kier alpha value is -0.840. The first-order valence-electron chi connectivity index (χ1n) is 6.66. The van der Waals surface area contributed by atoms with Gasteiger partial charge in [-0.3, -0.25) is 0 Å². The van der Waals surface area contributed by atoms with E-state index in [1.165, 1.54) is 40.3 Å². The number of aromatic nitrogens is 1. The Labute approximate surface area is 122 Å². The van der Waals surface area contributed by atoms with Gasteiger partial charge < -0.3 is 5.73 Å². The first kappa shape index (κ1) is 13.2. The van der Waals surface area contributed by atoms with E-state index in [-0.39, 0.29) is 0 Å². The van der Waals surface area contributed by atoms with Crippen LogP contribution in [0.4, 0.5) is 0 Å². The Balaban J connectivity index is 1.95. The molecule has 0 radical (unpaired) electrons. The topological polar surface area (TPSA) is 38.9 Å². The van der Waals surface area contributed by atoms with Gasteiger partial charge in [-0.25, -0.2) is 4.98 Å². The lowest BCUT2D eigenvalue weighted by atomic mass is 9.91. The van der Waals surface area contributed by atoms with Gasteiger partial charge in [0.1, 0.15) is 5.01 Å². The number of benzene rings is 1. The van der Waals surface area contributed by atoms with Crippen LogP contribution in [0, 0.1) is 0 Å². The van der Waals surface area contributed by atoms with E-state index < -0.39 is 0 Å². The number of nitrogens with zero attached hydrogens (tertiary/aromatic N) is 1. The minimum Gasteiger partial charge on any atom is -0.330 e. The molecule has 2 N–H and O–H groups in total. The standard InChI is InChI=1S/C15H18N2S2/c1-18-12-7-5-10(6-8-12)15-17-14-11(9-16)3-2-4-13(14)19-15/h5-8,11H,2-4,9,16H2,1H3. The van der Waals surface area contributed by atoms with Crippen LogP contribution in [0.3, 0.4) is 0 Å². The fourth-order valence-electron chi connectivity index (χ4n) is 2.59. The van der Waals surface area contributed by atoms with Crippen molar-refractivity contribution in [3.63, 3.8) is 0 Å². The summed E-state index contributed by atoms with van der Waals surface area (Å²) in [4.78, 5) is 7.61. The molecule has 1 aromatic heterocycles. The Bertz CT molecular complexity index is 560. The fraction of sp³-hybridized carbons (Fsp3) is 0.400. The molecule has 19 heavy (non-hydrogen) atoms. The lowest BCUT2D eigenvalue weighted by Crippen LogP contribution is -2.17. The Morgan fingerprint density at radius 2 is 2.16 bits per heavy atom. The molecule has 100 valence electrons. The van der Waals surface area contributed by atoms with Crippen LogP contribution < -0.4 is 5.73 Å². The molecule has 1 atom stereocenters. The van der Waals surface area contributed by atoms with E-state index >= 15 is 0 Å². The number of hydrogen-bond donors (Lipinski definition) is 1. The number of rotatable bonds is 3. The molecule has 4 heteroatoms. The molecule has 1 aliphatic carbocycles. The van der Waals surface area contributed by atoms with Crippen LogP contribution in [0.2, 0.25) is 0 Å². The van der Waals surface area contributed by atoms with Crippen molar-refractivity contribution in [1.29, 1.82) is 0 Å². The molecule has 0 aliphatic heterocycles. The third-order valence-electron chi connectivity index (χ3n) is 3.69. The van der Waals surface area contributed by atoms with Crippen LogP contribution in [0.25, 0.3) is 10.6 Å². The Morgan fingerprint density at radius 1 is 1.37 bits per heavy atom. The molecule has 1 heterocycles. The number of aryl methyl sites for hydroxylation is 1. The third-order valence-corrected chi connectivity index (χ3v) is 5.62. The second-order valence-electron chi connectivity index (χ2n) is 4.88. The molecule has 2 aromatic rings. The highest BCUT2D eigenvalue weighted by Crippen LogP contribution is 2.37. The molecule has 1 aliphatic rings. The van der Waals surface area contributed by atoms with E-state index in [1.807, 2.05) is 11.3 Å². The average molecular weight is 290 g/mol. The zero-order valence-electron chi connectivity index (χ0n) is 11.1. The maximum absolute atomic E-state index is 5.87. The highest BCUT2D eigenvalue weighted by Gasteiger charge is 2.23. The van der Waals surface area contributed by atoms with Gasteiger partial charge in [0, 0.05) is 27.8 Å². The van der Waals surface area contributed by atoms with Crippen molar-refractivity contribution in [2.45, 2.75) is 30.1 Å². The zero-order chi connectivity index (χ0) is 13.2. The lowest BCUT2D eigenvalue weighted by Gasteiger charge is -2.18. The molecule has 0 fully saturated rings. The molecular formula is C15H18N2S2. The highest BCUT2D eigenvalue weighted by molar-refractivity contribution is 7.98. The van der Waals surface area contributed by atoms with Crippen molar-refractivity contribution in [1.82, 2.24) is 4.98 Å². The molecule has 0 bridgehead atoms. The van der Waals surface area contributed by atoms with Crippen LogP contribution in [0.15, 0.2) is 29.2 Å². The summed E-state index contributed by atoms with van der Waals surface area (Å²) in [7, 11) is 0. The van der Waals surface area contributed by atoms with Crippen molar-refractivity contribution in [3.05, 3.63) is 34.8 Å². The third kappa shape index (κ3) is 2.57. The highest BCUT2D eigenvalue weighted by atomic mass is 32.2. The largest absolute Gasteiger partial charge is 0.330 e. The summed E-state index contributed by atoms with van der Waals surface area (Å²) in [5, 5.41) is 1.15. The SMILES string of the molecule is CSc1ccc(-c2nc3c(s2)CCCC3CN)cc1. The molecule has 0 saturated heterocycles. The molecule has 0 amide bonds. The van der Waals surface area contributed by atoms with Crippen LogP contribution in [-0.2, 0) is 6.42 Å². The molecule has 0 saturated carbocycles. The minimum absolute atomic E-state index is 0.472. The second kappa shape index (κ2) is 5.65. The summed E-state index contributed by atoms with van der Waals surface area (Å²) in [6.07, 6.45) is 5.72. The predicted octanol–water partition coefficient (Wildman–Crippen LogP) is 3.91. The Morgan fingerprint density at radius 3 is 2.84 bits per heavy atom. The van der Waals surface area contributed by atoms with Crippen LogP contribution in [-0.4, -0.2) is 17.8 Å². The smallest absolute Gasteiger partial charge is 0.123 e. The first-order chi connectivity index (χ1) is 9.31. The summed E-state index contributed by atoms with van der Waals surface area (Å²) < 4.78 is 0. The zero-order valence-corrected chi connectivity index (χ0v) is 12.7. The maximum atomic E-state index is 5.87. The van der Waals surface area contributed by atoms with Gasteiger partial charge in [0.05, 0.1) is 5.69 Å². The number of fused-ring (bicyclic) bond motifs is 1. The number of thioether (sulfide) groups is 1. The van der Waals surface area contributed by atoms with Crippen molar-refractivity contribution >= 4 is 23.1 Å². The van der Waals surface area contributed by atoms with Crippen LogP contribution in [0.5, 0.6) is 0 Å². The van der Waals surface area contributed by atoms with Gasteiger partial charge in [0.25, 0.3) is 0 Å². The molecule has 1 aromatic carbocycles. The van der Waals surface area contributed by atoms with Crippen molar-refractivity contribution < 1.29 is 0 Å². The van der Waals surface area contributed by atoms with Crippen LogP contribution in [0.1, 0.15) is 29.3 Å². The first-order valence-corrected chi connectivity index (χ1v) is 8.70. The summed E-state index contributed by atoms with van der Waals surface area (Å²) in [5.41, 5.74) is 8.36. The van der Waals surface area contributed by atoms with Gasteiger partial charge in [-0.1, -0.05) is 12.1 Å². The fourth-order valence-corrected chi connectivity index (χ4v) is 4.20. The molecule has 2 nitrogen and oxygen atoms in total. The molecule has 0 spiro atoms. The quantitative estimate of drug-likeness (QED) is 0.871. The van der Waals surface area contributed by atoms with Crippen LogP contribution >= 0.6 is 23.1 Å². The summed E-state index contributed by atoms with van der Waals surface area (Å²) in [6.45, 7) is 0.724. The van der Waals surface area contributed by atoms with E-state index in [1.54, 1.807) is 11.8 Å². The average Bonchev–Trinajstić information content (AvgIpc) is 2.91. The van der Waals surface area contributed by atoms with E-state index in [9.17, 15) is 0 Å². The number of nitrogens with two attached hydrogens (primary N) is 1. The second-order valence-corrected chi connectivity index (χ2v) is 6.84. The van der Waals surface area contributed by atoms with Gasteiger partial charge in [0.15, 0.2) is 0 Å². The lowest BCUT2D eigenvalue weighted by molar-refractivity contribution is 0.554. The van der Waals surface area contributed by atoms with Gasteiger partial charge in [-0.05, 0) is 37.7 Å². The van der Waals surface area contributed by atoms with Crippen molar-refractivity contribution in [3.8, 4) is 10.6 Å². The number of hydrogen-bond acceptors (Lipinski definition) is 4. The molecular weight excluding hydrogens is 272 g/mol. The van der Waals surface area contributed by atoms with Gasteiger partial charge in [-0.2, -0.15) is 0 Å². The monoisotopic (exact) mass is 290 g/mol. The molecule has 3 rings (SSSR count). The Kier molecular flexibility index (Phi) is 3.91. The predicted molar refractivity (Wildman–Crippen MR) is 84.1 cm³/mol. The molecule has 1 unspecified atom stereocenters. The van der Waals surface area contributed by atoms with E-state index in [4.69, 9.17) is 10.7 Å². The van der Waals surface area contributed by atoms with Gasteiger partial charge in [0.2, 0.25) is 0 Å². The summed E-state index contributed by atoms with van der Waals surface area (Å²) in [6, 6.07) is 8.68. The maximum Gasteiger partial charge on any atom is 0.123 e. The van der Waals surface area contributed by atoms with Gasteiger partial charge in [-0.15, -0.1) is 23.1 Å². The van der Waals surface area contributed by atoms with Crippen molar-refractivity contribution in [2.75, 3.05) is 12.8 Å². The minimum atomic E-state index is 0.472.